The van der Waals surface area contributed by atoms with Gasteiger partial charge in [-0.3, -0.25) is 12.2 Å². The van der Waals surface area contributed by atoms with Gasteiger partial charge in [-0.2, -0.15) is 12.2 Å². The molecule has 0 aliphatic rings. The van der Waals surface area contributed by atoms with Crippen molar-refractivity contribution in [2.24, 2.45) is 0 Å². The molecule has 0 aromatic carbocycles. The fourth-order valence-electron chi connectivity index (χ4n) is 0.607. The Hall–Kier alpha value is -0.313. The topological polar surface area (TPSA) is 0 Å². The Morgan fingerprint density at radius 3 is 0.900 bits per heavy atom. The summed E-state index contributed by atoms with van der Waals surface area (Å²) in [6, 6.07) is 0. The molecule has 0 rings (SSSR count). The van der Waals surface area contributed by atoms with Crippen LogP contribution in [0.4, 0.5) is 0 Å². The molecule has 116 valence electrons. The summed E-state index contributed by atoms with van der Waals surface area (Å²) in [6.45, 7) is 11.7. The Balaban J connectivity index is -0.0000000536. The van der Waals surface area contributed by atoms with E-state index in [9.17, 15) is 0 Å². The Labute approximate surface area is 153 Å². The van der Waals surface area contributed by atoms with Gasteiger partial charge in [0.2, 0.25) is 0 Å². The zero-order valence-corrected chi connectivity index (χ0v) is 17.0. The summed E-state index contributed by atoms with van der Waals surface area (Å²) in [5.41, 5.74) is 0. The maximum Gasteiger partial charge on any atom is 2.00 e. The molecule has 0 atom stereocenters. The second-order valence-electron chi connectivity index (χ2n) is 3.01. The van der Waals surface area contributed by atoms with Crippen molar-refractivity contribution in [1.82, 2.24) is 0 Å². The van der Waals surface area contributed by atoms with E-state index in [2.05, 4.69) is 12.2 Å². The van der Waals surface area contributed by atoms with Gasteiger partial charge in [0, 0.05) is 19.5 Å². The number of allylic oxidation sites excluding steroid dienone is 12. The average Bonchev–Trinajstić information content (AvgIpc) is 2.42. The predicted molar refractivity (Wildman–Crippen MR) is 86.2 cm³/mol. The first kappa shape index (κ1) is 31.9. The summed E-state index contributed by atoms with van der Waals surface area (Å²) in [4.78, 5) is 0. The van der Waals surface area contributed by atoms with Crippen LogP contribution in [0.1, 0.15) is 41.5 Å². The largest absolute Gasteiger partial charge is 2.00 e. The number of rotatable bonds is 3. The Bertz CT molecular complexity index is 202. The number of hydrogen-bond donors (Lipinski definition) is 0. The second kappa shape index (κ2) is 42.8. The molecule has 0 saturated heterocycles. The maximum absolute atomic E-state index is 2.86. The molecule has 0 aromatic rings. The normalized spacial score (nSPS) is 10.5. The SMILES string of the molecule is CC=CC=CC.C[C-]=CC=CC.C[C-]=CC=CC.[Ru+2].[Ru]. The molecular formula is C18H28Ru2. The fourth-order valence-corrected chi connectivity index (χ4v) is 0.607. The van der Waals surface area contributed by atoms with Crippen molar-refractivity contribution < 1.29 is 39.0 Å². The van der Waals surface area contributed by atoms with Gasteiger partial charge in [-0.15, -0.1) is 13.8 Å². The second-order valence-corrected chi connectivity index (χ2v) is 3.01. The van der Waals surface area contributed by atoms with Gasteiger partial charge in [0.25, 0.3) is 0 Å². The quantitative estimate of drug-likeness (QED) is 0.283. The molecule has 0 spiro atoms. The Morgan fingerprint density at radius 1 is 0.550 bits per heavy atom. The predicted octanol–water partition coefficient (Wildman–Crippen LogP) is 6.02. The molecule has 0 aromatic heterocycles. The van der Waals surface area contributed by atoms with Gasteiger partial charge < -0.3 is 0 Å². The van der Waals surface area contributed by atoms with Gasteiger partial charge in [0.05, 0.1) is 0 Å². The standard InChI is InChI=1S/C6H10.2C6H9.2Ru/c3*1-3-5-6-4-2;;/h3-6H,1-2H3;2*3,5-6H,1-2H3;;/q;2*-1;;+2. The van der Waals surface area contributed by atoms with E-state index in [1.807, 2.05) is 102 Å². The van der Waals surface area contributed by atoms with E-state index in [0.717, 1.165) is 0 Å². The van der Waals surface area contributed by atoms with Crippen LogP contribution in [0.15, 0.2) is 60.8 Å². The zero-order valence-electron chi connectivity index (χ0n) is 13.5. The minimum absolute atomic E-state index is 0. The molecule has 0 saturated carbocycles. The van der Waals surface area contributed by atoms with Crippen LogP contribution in [-0.4, -0.2) is 0 Å². The fraction of sp³-hybridized carbons (Fsp3) is 0.333. The van der Waals surface area contributed by atoms with E-state index in [4.69, 9.17) is 0 Å². The molecule has 0 aliphatic heterocycles. The molecule has 0 unspecified atom stereocenters. The van der Waals surface area contributed by atoms with Crippen LogP contribution in [0, 0.1) is 12.2 Å². The molecular weight excluding hydrogens is 418 g/mol. The van der Waals surface area contributed by atoms with Crippen molar-refractivity contribution in [2.75, 3.05) is 0 Å². The van der Waals surface area contributed by atoms with Crippen molar-refractivity contribution >= 4 is 0 Å². The third kappa shape index (κ3) is 65.3. The molecule has 0 bridgehead atoms. The molecule has 0 fully saturated rings. The van der Waals surface area contributed by atoms with Gasteiger partial charge in [-0.05, 0) is 13.8 Å². The average molecular weight is 447 g/mol. The monoisotopic (exact) mass is 448 g/mol. The first-order valence-electron chi connectivity index (χ1n) is 6.22. The van der Waals surface area contributed by atoms with Crippen molar-refractivity contribution in [3.05, 3.63) is 72.9 Å². The van der Waals surface area contributed by atoms with Crippen LogP contribution in [0.25, 0.3) is 0 Å². The van der Waals surface area contributed by atoms with Crippen molar-refractivity contribution in [1.29, 1.82) is 0 Å². The summed E-state index contributed by atoms with van der Waals surface area (Å²) in [6.07, 6.45) is 25.3. The molecule has 20 heavy (non-hydrogen) atoms. The van der Waals surface area contributed by atoms with Gasteiger partial charge in [-0.25, -0.2) is 24.3 Å². The smallest absolute Gasteiger partial charge is 0.279 e. The van der Waals surface area contributed by atoms with Crippen molar-refractivity contribution in [3.63, 3.8) is 0 Å². The summed E-state index contributed by atoms with van der Waals surface area (Å²) in [5.74, 6) is 0. The van der Waals surface area contributed by atoms with Crippen molar-refractivity contribution in [3.8, 4) is 0 Å². The molecule has 0 amide bonds. The van der Waals surface area contributed by atoms with E-state index < -0.39 is 0 Å². The summed E-state index contributed by atoms with van der Waals surface area (Å²) in [5, 5.41) is 0. The maximum atomic E-state index is 2.86. The van der Waals surface area contributed by atoms with Crippen LogP contribution in [0.5, 0.6) is 0 Å². The van der Waals surface area contributed by atoms with Crippen LogP contribution in [0.3, 0.4) is 0 Å². The molecule has 0 nitrogen and oxygen atoms in total. The zero-order chi connectivity index (χ0) is 14.5. The van der Waals surface area contributed by atoms with Gasteiger partial charge >= 0.3 is 19.5 Å². The van der Waals surface area contributed by atoms with Crippen molar-refractivity contribution in [2.45, 2.75) is 41.5 Å². The molecule has 0 radical (unpaired) electrons. The van der Waals surface area contributed by atoms with Gasteiger partial charge in [-0.1, -0.05) is 38.2 Å². The first-order valence-corrected chi connectivity index (χ1v) is 6.22. The summed E-state index contributed by atoms with van der Waals surface area (Å²) >= 11 is 0. The molecule has 0 N–H and O–H groups in total. The summed E-state index contributed by atoms with van der Waals surface area (Å²) < 4.78 is 0. The Kier molecular flexibility index (Phi) is 68.2. The van der Waals surface area contributed by atoms with E-state index in [1.54, 1.807) is 0 Å². The third-order valence-corrected chi connectivity index (χ3v) is 1.41. The van der Waals surface area contributed by atoms with E-state index in [1.165, 1.54) is 0 Å². The minimum Gasteiger partial charge on any atom is -0.279 e. The molecule has 2 heteroatoms. The van der Waals surface area contributed by atoms with Crippen LogP contribution >= 0.6 is 0 Å². The number of hydrogen-bond acceptors (Lipinski definition) is 0. The molecule has 0 heterocycles. The van der Waals surface area contributed by atoms with E-state index in [0.29, 0.717) is 0 Å². The van der Waals surface area contributed by atoms with E-state index in [-0.39, 0.29) is 39.0 Å². The van der Waals surface area contributed by atoms with Crippen LogP contribution in [-0.2, 0) is 39.0 Å². The first-order chi connectivity index (χ1) is 8.74. The van der Waals surface area contributed by atoms with Crippen LogP contribution < -0.4 is 0 Å². The Morgan fingerprint density at radius 2 is 0.800 bits per heavy atom. The minimum atomic E-state index is 0. The van der Waals surface area contributed by atoms with Crippen LogP contribution in [0.2, 0.25) is 0 Å². The third-order valence-electron chi connectivity index (χ3n) is 1.41. The van der Waals surface area contributed by atoms with Gasteiger partial charge in [0.15, 0.2) is 0 Å². The summed E-state index contributed by atoms with van der Waals surface area (Å²) in [7, 11) is 0. The van der Waals surface area contributed by atoms with E-state index >= 15 is 0 Å². The van der Waals surface area contributed by atoms with Gasteiger partial charge in [0.1, 0.15) is 0 Å². The molecule has 0 aliphatic carbocycles.